The van der Waals surface area contributed by atoms with Crippen molar-refractivity contribution in [2.24, 2.45) is 0 Å². The maximum atomic E-state index is 4.93. The van der Waals surface area contributed by atoms with Gasteiger partial charge in [0.25, 0.3) is 0 Å². The molecule has 2 fully saturated rings. The first-order chi connectivity index (χ1) is 18.4. The minimum atomic E-state index is -1.49. The third-order valence-corrected chi connectivity index (χ3v) is 9.57. The van der Waals surface area contributed by atoms with E-state index in [9.17, 15) is 0 Å². The Morgan fingerprint density at radius 1 is 0.605 bits per heavy atom. The van der Waals surface area contributed by atoms with E-state index in [-0.39, 0.29) is 0 Å². The Labute approximate surface area is 250 Å². The van der Waals surface area contributed by atoms with Crippen LogP contribution in [0.2, 0.25) is 19.6 Å². The molecule has 0 unspecified atom stereocenters. The molecule has 0 atom stereocenters. The summed E-state index contributed by atoms with van der Waals surface area (Å²) in [5.41, 5.74) is 3.69. The average molecular weight is 629 g/mol. The first kappa shape index (κ1) is 28.6. The van der Waals surface area contributed by atoms with Gasteiger partial charge >= 0.3 is 37.9 Å². The molecule has 0 saturated heterocycles. The van der Waals surface area contributed by atoms with Gasteiger partial charge in [-0.05, 0) is 41.8 Å². The van der Waals surface area contributed by atoms with Crippen molar-refractivity contribution in [1.29, 1.82) is 0 Å². The van der Waals surface area contributed by atoms with Crippen molar-refractivity contribution in [1.82, 2.24) is 0 Å². The van der Waals surface area contributed by atoms with E-state index in [2.05, 4.69) is 148 Å². The summed E-state index contributed by atoms with van der Waals surface area (Å²) in [6.07, 6.45) is 25.2. The Balaban J connectivity index is 0.000000937. The van der Waals surface area contributed by atoms with Gasteiger partial charge in [0.2, 0.25) is 0 Å². The molecule has 2 aromatic rings. The standard InChI is InChI=1S/C34H30Si.2ClH.Zr/c1-35(2,3)28-23-22-27(24-28)34(25-14-6-4-7-15-25,26-16-8-5-9-17-26)33-31-20-12-10-18-29(31)30-19-11-13-21-32(30)33;;;/h4-24H,1-3H3;2*1H;/q;;;+4/p-2. The molecule has 0 amide bonds. The molecule has 186 valence electrons. The van der Waals surface area contributed by atoms with Crippen molar-refractivity contribution in [3.05, 3.63) is 181 Å². The SMILES string of the molecule is C[Si](C)(C)[C]1[CH][CH][C](C([C]2[C]3C=CC=C[C]3[C]3C=CC=C[C]32)(c2ccccc2)c2ccccc2)[CH]1.[Cl][Zr+2][Cl]. The summed E-state index contributed by atoms with van der Waals surface area (Å²) >= 11 is -0.826. The molecule has 0 N–H and O–H groups in total. The zero-order chi connectivity index (χ0) is 26.8. The van der Waals surface area contributed by atoms with Crippen LogP contribution >= 0.6 is 17.0 Å². The molecular formula is C34H30Cl2SiZr+2. The predicted molar refractivity (Wildman–Crippen MR) is 161 cm³/mol. The number of fused-ring (bicyclic) bond motifs is 3. The Hall–Kier alpha value is -0.920. The first-order valence-corrected chi connectivity index (χ1v) is 22.7. The van der Waals surface area contributed by atoms with Gasteiger partial charge < -0.3 is 0 Å². The summed E-state index contributed by atoms with van der Waals surface area (Å²) in [6, 6.07) is 22.2. The topological polar surface area (TPSA) is 0 Å². The fourth-order valence-electron chi connectivity index (χ4n) is 5.87. The Kier molecular flexibility index (Phi) is 9.26. The van der Waals surface area contributed by atoms with Crippen molar-refractivity contribution < 1.29 is 20.8 Å². The summed E-state index contributed by atoms with van der Waals surface area (Å²) in [4.78, 5) is 0. The van der Waals surface area contributed by atoms with Gasteiger partial charge in [0, 0.05) is 35.0 Å². The maximum absolute atomic E-state index is 4.93. The van der Waals surface area contributed by atoms with E-state index in [4.69, 9.17) is 17.0 Å². The molecule has 0 nitrogen and oxygen atoms in total. The van der Waals surface area contributed by atoms with Crippen LogP contribution in [0.15, 0.2) is 109 Å². The van der Waals surface area contributed by atoms with Crippen molar-refractivity contribution in [2.45, 2.75) is 25.1 Å². The van der Waals surface area contributed by atoms with Crippen LogP contribution in [0.5, 0.6) is 0 Å². The van der Waals surface area contributed by atoms with Gasteiger partial charge in [-0.25, -0.2) is 0 Å². The van der Waals surface area contributed by atoms with Crippen molar-refractivity contribution in [3.8, 4) is 0 Å². The molecule has 0 bridgehead atoms. The average Bonchev–Trinajstić information content (AvgIpc) is 3.56. The van der Waals surface area contributed by atoms with E-state index in [0.717, 1.165) is 0 Å². The fraction of sp³-hybridized carbons (Fsp3) is 0.118. The van der Waals surface area contributed by atoms with Crippen molar-refractivity contribution in [3.63, 3.8) is 0 Å². The number of allylic oxidation sites excluding steroid dienone is 8. The van der Waals surface area contributed by atoms with E-state index in [1.54, 1.807) is 0 Å². The molecule has 0 aromatic heterocycles. The van der Waals surface area contributed by atoms with E-state index < -0.39 is 34.3 Å². The molecule has 4 aliphatic rings. The molecule has 4 heteroatoms. The van der Waals surface area contributed by atoms with Gasteiger partial charge in [-0.3, -0.25) is 0 Å². The number of benzene rings is 2. The molecule has 2 saturated carbocycles. The van der Waals surface area contributed by atoms with Crippen LogP contribution < -0.4 is 0 Å². The van der Waals surface area contributed by atoms with Gasteiger partial charge in [0.15, 0.2) is 0 Å². The molecule has 4 aliphatic carbocycles. The van der Waals surface area contributed by atoms with Crippen molar-refractivity contribution in [2.75, 3.05) is 0 Å². The van der Waals surface area contributed by atoms with Crippen LogP contribution in [-0.4, -0.2) is 8.07 Å². The number of hydrogen-bond donors (Lipinski definition) is 0. The second kappa shape index (κ2) is 12.3. The second-order valence-electron chi connectivity index (χ2n) is 10.7. The minimum absolute atomic E-state index is 0.427. The molecule has 0 heterocycles. The molecule has 2 aromatic carbocycles. The molecule has 0 aliphatic heterocycles. The van der Waals surface area contributed by atoms with Gasteiger partial charge in [-0.2, -0.15) is 0 Å². The monoisotopic (exact) mass is 626 g/mol. The fourth-order valence-corrected chi connectivity index (χ4v) is 7.05. The van der Waals surface area contributed by atoms with Crippen LogP contribution in [0.1, 0.15) is 11.1 Å². The van der Waals surface area contributed by atoms with Crippen LogP contribution in [0, 0.1) is 60.3 Å². The van der Waals surface area contributed by atoms with E-state index >= 15 is 0 Å². The number of rotatable bonds is 5. The molecule has 38 heavy (non-hydrogen) atoms. The number of hydrogen-bond acceptors (Lipinski definition) is 0. The summed E-state index contributed by atoms with van der Waals surface area (Å²) in [5, 5.41) is 0. The van der Waals surface area contributed by atoms with Gasteiger partial charge in [0.05, 0.1) is 8.07 Å². The van der Waals surface area contributed by atoms with Gasteiger partial charge in [0.1, 0.15) is 0 Å². The van der Waals surface area contributed by atoms with E-state index in [1.807, 2.05) is 0 Å². The van der Waals surface area contributed by atoms with Gasteiger partial charge in [-0.1, -0.05) is 129 Å². The van der Waals surface area contributed by atoms with Crippen LogP contribution in [0.4, 0.5) is 0 Å². The van der Waals surface area contributed by atoms with Crippen LogP contribution in [-0.2, 0) is 26.3 Å². The normalized spacial score (nSPS) is 21.3. The molecule has 0 spiro atoms. The van der Waals surface area contributed by atoms with Crippen LogP contribution in [0.25, 0.3) is 0 Å². The molecular weight excluding hydrogens is 599 g/mol. The summed E-state index contributed by atoms with van der Waals surface area (Å²) < 4.78 is 0. The van der Waals surface area contributed by atoms with E-state index in [1.165, 1.54) is 52.2 Å². The quantitative estimate of drug-likeness (QED) is 0.290. The summed E-state index contributed by atoms with van der Waals surface area (Å²) in [5.74, 6) is 8.05. The summed E-state index contributed by atoms with van der Waals surface area (Å²) in [6.45, 7) is 7.31. The zero-order valence-electron chi connectivity index (χ0n) is 21.9. The third kappa shape index (κ3) is 5.25. The Morgan fingerprint density at radius 3 is 1.42 bits per heavy atom. The third-order valence-electron chi connectivity index (χ3n) is 7.52. The number of halogens is 2. The predicted octanol–water partition coefficient (Wildman–Crippen LogP) is 9.14. The Morgan fingerprint density at radius 2 is 1.03 bits per heavy atom. The van der Waals surface area contributed by atoms with E-state index in [0.29, 0.717) is 0 Å². The van der Waals surface area contributed by atoms with Gasteiger partial charge in [-0.15, -0.1) is 0 Å². The second-order valence-corrected chi connectivity index (χ2v) is 19.5. The van der Waals surface area contributed by atoms with Crippen LogP contribution in [0.3, 0.4) is 0 Å². The zero-order valence-corrected chi connectivity index (χ0v) is 26.9. The first-order valence-electron chi connectivity index (χ1n) is 12.8. The summed E-state index contributed by atoms with van der Waals surface area (Å²) in [7, 11) is 8.38. The molecule has 10 radical (unpaired) electrons. The van der Waals surface area contributed by atoms with Crippen molar-refractivity contribution >= 4 is 25.1 Å². The Bertz CT molecular complexity index is 1110. The molecule has 6 rings (SSSR count).